The fraction of sp³-hybridized carbons (Fsp3) is 0. The molecule has 58 heavy (non-hydrogen) atoms. The van der Waals surface area contributed by atoms with Crippen LogP contribution in [0.5, 0.6) is 0 Å². The van der Waals surface area contributed by atoms with Crippen LogP contribution in [0, 0.1) is 0 Å². The molecule has 0 unspecified atom stereocenters. The van der Waals surface area contributed by atoms with Crippen LogP contribution in [0.2, 0.25) is 0 Å². The zero-order chi connectivity index (χ0) is 45.4. The highest BCUT2D eigenvalue weighted by Gasteiger charge is 2.18. The number of nitrogens with zero attached hydrogens (tertiary/aromatic N) is 1. The Morgan fingerprint density at radius 1 is 0.345 bits per heavy atom. The number of rotatable bonds is 7. The third kappa shape index (κ3) is 6.00. The van der Waals surface area contributed by atoms with Gasteiger partial charge in [-0.15, -0.1) is 0 Å². The van der Waals surface area contributed by atoms with E-state index in [9.17, 15) is 11.0 Å². The number of hydrogen-bond donors (Lipinski definition) is 0. The summed E-state index contributed by atoms with van der Waals surface area (Å²) in [6.07, 6.45) is 0. The SMILES string of the molecule is [2H]c1c([2H])c(N(c2cccc(-c3cccc4oc5c6ccccc6ccc5c34)c2)c2c([2H])c([2H])c(-c3ccc4ccccc4c3)c([2H])c2[2H])c([2H])c([2H])c1-c1cccc(-c2ccccc2)c1. The zero-order valence-corrected chi connectivity index (χ0v) is 31.1. The first-order chi connectivity index (χ1) is 32.1. The van der Waals surface area contributed by atoms with Gasteiger partial charge in [0, 0.05) is 33.2 Å². The third-order valence-corrected chi connectivity index (χ3v) is 10.8. The van der Waals surface area contributed by atoms with Gasteiger partial charge in [-0.1, -0.05) is 164 Å². The molecule has 0 saturated heterocycles. The third-order valence-electron chi connectivity index (χ3n) is 10.8. The molecule has 0 atom stereocenters. The standard InChI is InChI=1S/C56H37NO/c1-2-11-38(12-3-1)44-16-8-17-45(35-44)40-25-30-48(31-26-40)57(49-32-27-41(28-33-49)46-24-23-39-13-4-5-15-43(39)36-46)50-19-9-18-47(37-50)51-21-10-22-54-55(51)53-34-29-42-14-6-7-20-52(42)56(53)58-54/h1-37H/i25D,26D,27D,28D,30D,31D,32D,33D. The van der Waals surface area contributed by atoms with Crippen molar-refractivity contribution in [3.05, 3.63) is 224 Å². The van der Waals surface area contributed by atoms with Gasteiger partial charge in [-0.3, -0.25) is 0 Å². The molecule has 272 valence electrons. The van der Waals surface area contributed by atoms with Crippen LogP contribution in [-0.2, 0) is 0 Å². The Kier molecular flexibility index (Phi) is 6.38. The molecule has 10 aromatic carbocycles. The van der Waals surface area contributed by atoms with E-state index in [1.54, 1.807) is 24.3 Å². The number of benzene rings is 10. The molecule has 2 nitrogen and oxygen atoms in total. The number of hydrogen-bond acceptors (Lipinski definition) is 2. The van der Waals surface area contributed by atoms with Crippen LogP contribution >= 0.6 is 0 Å². The maximum absolute atomic E-state index is 9.67. The van der Waals surface area contributed by atoms with E-state index >= 15 is 0 Å². The Balaban J connectivity index is 1.15. The van der Waals surface area contributed by atoms with Crippen molar-refractivity contribution in [2.45, 2.75) is 0 Å². The van der Waals surface area contributed by atoms with Crippen molar-refractivity contribution < 1.29 is 15.4 Å². The Morgan fingerprint density at radius 3 is 1.71 bits per heavy atom. The second-order valence-corrected chi connectivity index (χ2v) is 14.3. The Hall–Kier alpha value is -7.68. The van der Waals surface area contributed by atoms with E-state index < -0.39 is 24.2 Å². The molecule has 0 radical (unpaired) electrons. The molecule has 0 aliphatic heterocycles. The van der Waals surface area contributed by atoms with Crippen LogP contribution < -0.4 is 4.90 Å². The number of fused-ring (bicyclic) bond motifs is 6. The lowest BCUT2D eigenvalue weighted by molar-refractivity contribution is 0.673. The Morgan fingerprint density at radius 2 is 0.931 bits per heavy atom. The van der Waals surface area contributed by atoms with Gasteiger partial charge in [0.1, 0.15) is 11.2 Å². The minimum atomic E-state index is -0.410. The van der Waals surface area contributed by atoms with E-state index in [0.29, 0.717) is 28.0 Å². The lowest BCUT2D eigenvalue weighted by Crippen LogP contribution is -2.10. The number of anilines is 3. The average Bonchev–Trinajstić information content (AvgIpc) is 3.75. The van der Waals surface area contributed by atoms with Crippen molar-refractivity contribution in [3.63, 3.8) is 0 Å². The van der Waals surface area contributed by atoms with Crippen molar-refractivity contribution >= 4 is 60.5 Å². The molecule has 0 spiro atoms. The molecule has 0 bridgehead atoms. The van der Waals surface area contributed by atoms with Crippen molar-refractivity contribution in [1.29, 1.82) is 0 Å². The van der Waals surface area contributed by atoms with E-state index in [-0.39, 0.29) is 46.7 Å². The summed E-state index contributed by atoms with van der Waals surface area (Å²) < 4.78 is 83.1. The molecule has 0 amide bonds. The number of furan rings is 1. The van der Waals surface area contributed by atoms with Crippen LogP contribution in [0.4, 0.5) is 17.1 Å². The quantitative estimate of drug-likeness (QED) is 0.161. The lowest BCUT2D eigenvalue weighted by atomic mass is 9.97. The fourth-order valence-electron chi connectivity index (χ4n) is 7.93. The molecule has 11 aromatic rings. The van der Waals surface area contributed by atoms with E-state index in [4.69, 9.17) is 4.42 Å². The first-order valence-electron chi connectivity index (χ1n) is 23.2. The highest BCUT2D eigenvalue weighted by Crippen LogP contribution is 2.43. The Bertz CT molecular complexity index is 3710. The van der Waals surface area contributed by atoms with Gasteiger partial charge in [-0.25, -0.2) is 0 Å². The van der Waals surface area contributed by atoms with E-state index in [1.165, 1.54) is 4.90 Å². The molecule has 0 saturated carbocycles. The lowest BCUT2D eigenvalue weighted by Gasteiger charge is -2.26. The molecule has 0 N–H and O–H groups in total. The summed E-state index contributed by atoms with van der Waals surface area (Å²) in [6.45, 7) is 0. The molecule has 11 rings (SSSR count). The zero-order valence-electron chi connectivity index (χ0n) is 39.1. The predicted octanol–water partition coefficient (Wildman–Crippen LogP) is 16.0. The second-order valence-electron chi connectivity index (χ2n) is 14.3. The van der Waals surface area contributed by atoms with Crippen molar-refractivity contribution in [1.82, 2.24) is 0 Å². The van der Waals surface area contributed by atoms with Gasteiger partial charge in [0.15, 0.2) is 0 Å². The smallest absolute Gasteiger partial charge is 0.143 e. The predicted molar refractivity (Wildman–Crippen MR) is 245 cm³/mol. The van der Waals surface area contributed by atoms with E-state index in [2.05, 4.69) is 6.07 Å². The van der Waals surface area contributed by atoms with Gasteiger partial charge in [-0.05, 0) is 121 Å². The molecule has 1 heterocycles. The Labute approximate surface area is 348 Å². The summed E-state index contributed by atoms with van der Waals surface area (Å²) >= 11 is 0. The minimum Gasteiger partial charge on any atom is -0.455 e. The van der Waals surface area contributed by atoms with Gasteiger partial charge >= 0.3 is 0 Å². The van der Waals surface area contributed by atoms with Crippen LogP contribution in [-0.4, -0.2) is 0 Å². The molecule has 2 heteroatoms. The maximum atomic E-state index is 9.67. The molecule has 0 fully saturated rings. The van der Waals surface area contributed by atoms with Gasteiger partial charge < -0.3 is 9.32 Å². The summed E-state index contributed by atoms with van der Waals surface area (Å²) in [5.41, 5.74) is 5.80. The first kappa shape index (κ1) is 26.2. The molecule has 0 aliphatic rings. The fourth-order valence-corrected chi connectivity index (χ4v) is 7.93. The molecule has 0 aliphatic carbocycles. The van der Waals surface area contributed by atoms with Crippen LogP contribution in [0.1, 0.15) is 11.0 Å². The largest absolute Gasteiger partial charge is 0.455 e. The summed E-state index contributed by atoms with van der Waals surface area (Å²) in [5.74, 6) is 0. The average molecular weight is 748 g/mol. The van der Waals surface area contributed by atoms with Crippen LogP contribution in [0.25, 0.3) is 88.0 Å². The summed E-state index contributed by atoms with van der Waals surface area (Å²) in [4.78, 5) is 1.36. The highest BCUT2D eigenvalue weighted by molar-refractivity contribution is 6.19. The summed E-state index contributed by atoms with van der Waals surface area (Å²) in [7, 11) is 0. The van der Waals surface area contributed by atoms with E-state index in [1.807, 2.05) is 146 Å². The van der Waals surface area contributed by atoms with Crippen molar-refractivity contribution in [3.8, 4) is 44.5 Å². The van der Waals surface area contributed by atoms with Crippen molar-refractivity contribution in [2.24, 2.45) is 0 Å². The monoisotopic (exact) mass is 747 g/mol. The first-order valence-corrected chi connectivity index (χ1v) is 19.2. The van der Waals surface area contributed by atoms with Crippen molar-refractivity contribution in [2.75, 3.05) is 4.90 Å². The topological polar surface area (TPSA) is 16.4 Å². The second kappa shape index (κ2) is 14.1. The molecular formula is C56H37NO. The summed E-state index contributed by atoms with van der Waals surface area (Å²) in [5, 5.41) is 5.65. The molecule has 1 aromatic heterocycles. The van der Waals surface area contributed by atoms with E-state index in [0.717, 1.165) is 54.6 Å². The maximum Gasteiger partial charge on any atom is 0.143 e. The van der Waals surface area contributed by atoms with Gasteiger partial charge in [0.05, 0.1) is 11.0 Å². The van der Waals surface area contributed by atoms with Gasteiger partial charge in [-0.2, -0.15) is 0 Å². The summed E-state index contributed by atoms with van der Waals surface area (Å²) in [6, 6.07) is 52.6. The van der Waals surface area contributed by atoms with Gasteiger partial charge in [0.2, 0.25) is 0 Å². The van der Waals surface area contributed by atoms with Gasteiger partial charge in [0.25, 0.3) is 0 Å². The minimum absolute atomic E-state index is 0.0949. The van der Waals surface area contributed by atoms with Crippen LogP contribution in [0.3, 0.4) is 0 Å². The normalized spacial score (nSPS) is 13.4. The van der Waals surface area contributed by atoms with Crippen LogP contribution in [0.15, 0.2) is 229 Å². The molecular weight excluding hydrogens is 703 g/mol. The highest BCUT2D eigenvalue weighted by atomic mass is 16.3.